The van der Waals surface area contributed by atoms with Crippen molar-refractivity contribution in [3.05, 3.63) is 47.8 Å². The van der Waals surface area contributed by atoms with Crippen LogP contribution in [0.5, 0.6) is 0 Å². The van der Waals surface area contributed by atoms with Crippen molar-refractivity contribution < 1.29 is 36.2 Å². The van der Waals surface area contributed by atoms with Crippen molar-refractivity contribution in [3.63, 3.8) is 0 Å². The van der Waals surface area contributed by atoms with Gasteiger partial charge in [-0.1, -0.05) is 18.9 Å². The Bertz CT molecular complexity index is 1180. The minimum atomic E-state index is -4.91. The third-order valence-electron chi connectivity index (χ3n) is 6.71. The molecule has 2 saturated carbocycles. The third kappa shape index (κ3) is 4.98. The largest absolute Gasteiger partial charge is 0.481 e. The van der Waals surface area contributed by atoms with Gasteiger partial charge >= 0.3 is 12.1 Å². The Morgan fingerprint density at radius 3 is 2.38 bits per heavy atom. The number of alkyl halides is 3. The third-order valence-corrected chi connectivity index (χ3v) is 8.94. The van der Waals surface area contributed by atoms with Crippen molar-refractivity contribution in [3.8, 4) is 11.1 Å². The summed E-state index contributed by atoms with van der Waals surface area (Å²) < 4.78 is 74.7. The molecule has 184 valence electrons. The lowest BCUT2D eigenvalue weighted by Gasteiger charge is -2.21. The van der Waals surface area contributed by atoms with Crippen LogP contribution < -0.4 is 0 Å². The fraction of sp³-hybridized carbons (Fsp3) is 0.500. The number of hydrogen-bond donors (Lipinski definition) is 1. The second kappa shape index (κ2) is 9.30. The summed E-state index contributed by atoms with van der Waals surface area (Å²) in [6.45, 7) is 1.70. The van der Waals surface area contributed by atoms with Crippen LogP contribution in [-0.4, -0.2) is 41.9 Å². The summed E-state index contributed by atoms with van der Waals surface area (Å²) in [4.78, 5) is 15.0. The molecule has 10 heteroatoms. The molecule has 0 bridgehead atoms. The van der Waals surface area contributed by atoms with Gasteiger partial charge in [-0.25, -0.2) is 8.42 Å². The molecule has 1 heterocycles. The predicted molar refractivity (Wildman–Crippen MR) is 118 cm³/mol. The number of aryl methyl sites for hydroxylation is 1. The van der Waals surface area contributed by atoms with Gasteiger partial charge in [0.1, 0.15) is 0 Å². The van der Waals surface area contributed by atoms with Crippen molar-refractivity contribution in [2.24, 2.45) is 5.92 Å². The fourth-order valence-corrected chi connectivity index (χ4v) is 6.98. The number of benzene rings is 1. The van der Waals surface area contributed by atoms with Gasteiger partial charge in [0, 0.05) is 11.9 Å². The Morgan fingerprint density at radius 2 is 1.76 bits per heavy atom. The number of nitrogens with zero attached hydrogens (tertiary/aromatic N) is 1. The van der Waals surface area contributed by atoms with Crippen LogP contribution in [0.15, 0.2) is 41.4 Å². The van der Waals surface area contributed by atoms with E-state index in [0.717, 1.165) is 37.8 Å². The molecule has 1 aromatic carbocycles. The molecule has 2 aliphatic rings. The summed E-state index contributed by atoms with van der Waals surface area (Å²) in [7, 11) is -4.47. The number of aromatic nitrogens is 1. The Balaban J connectivity index is 1.68. The number of ether oxygens (including phenoxy) is 1. The Kier molecular flexibility index (Phi) is 6.74. The van der Waals surface area contributed by atoms with Crippen LogP contribution in [0, 0.1) is 12.8 Å². The summed E-state index contributed by atoms with van der Waals surface area (Å²) in [5.74, 6) is -2.27. The number of sulfone groups is 1. The number of carboxylic acids is 1. The van der Waals surface area contributed by atoms with E-state index in [1.165, 1.54) is 12.3 Å². The maximum Gasteiger partial charge on any atom is 0.417 e. The van der Waals surface area contributed by atoms with Crippen LogP contribution in [0.2, 0.25) is 0 Å². The molecule has 0 amide bonds. The van der Waals surface area contributed by atoms with E-state index in [4.69, 9.17) is 4.74 Å². The predicted octanol–water partition coefficient (Wildman–Crippen LogP) is 5.04. The Hall–Kier alpha value is -2.46. The molecule has 1 aromatic heterocycles. The zero-order chi connectivity index (χ0) is 24.7. The van der Waals surface area contributed by atoms with E-state index in [-0.39, 0.29) is 24.5 Å². The molecule has 0 spiro atoms. The molecule has 2 aromatic rings. The zero-order valence-corrected chi connectivity index (χ0v) is 19.4. The average Bonchev–Trinajstić information content (AvgIpc) is 3.43. The highest BCUT2D eigenvalue weighted by molar-refractivity contribution is 7.92. The van der Waals surface area contributed by atoms with Crippen molar-refractivity contribution in [2.45, 2.75) is 74.0 Å². The van der Waals surface area contributed by atoms with E-state index >= 15 is 0 Å². The normalized spacial score (nSPS) is 23.9. The van der Waals surface area contributed by atoms with E-state index in [1.807, 2.05) is 0 Å². The number of aliphatic carboxylic acids is 1. The molecule has 0 saturated heterocycles. The molecule has 34 heavy (non-hydrogen) atoms. The van der Waals surface area contributed by atoms with E-state index in [1.54, 1.807) is 19.1 Å². The summed E-state index contributed by atoms with van der Waals surface area (Å²) in [5.41, 5.74) is 0.0565. The summed E-state index contributed by atoms with van der Waals surface area (Å²) >= 11 is 0. The number of hydrogen-bond acceptors (Lipinski definition) is 5. The lowest BCUT2D eigenvalue weighted by molar-refractivity contribution is -0.147. The Morgan fingerprint density at radius 1 is 1.09 bits per heavy atom. The zero-order valence-electron chi connectivity index (χ0n) is 18.6. The molecule has 0 aliphatic heterocycles. The molecule has 6 nitrogen and oxygen atoms in total. The standard InChI is InChI=1S/C24H26F3NO5S/c1-14-10-16(8-9-28-14)15-6-7-22(20(11-15)24(25,26)27)34(31,32)18-12-19(23(29)30)21(13-18)33-17-4-2-3-5-17/h6-11,17-19,21H,2-5,12-13H2,1H3,(H,29,30)/t18-,19-,21-/m0/s1. The van der Waals surface area contributed by atoms with Crippen LogP contribution in [0.25, 0.3) is 11.1 Å². The van der Waals surface area contributed by atoms with Crippen LogP contribution in [0.3, 0.4) is 0 Å². The number of carboxylic acid groups (broad SMARTS) is 1. The molecule has 2 fully saturated rings. The summed E-state index contributed by atoms with van der Waals surface area (Å²) in [6, 6.07) is 6.31. The van der Waals surface area contributed by atoms with Gasteiger partial charge in [0.15, 0.2) is 9.84 Å². The van der Waals surface area contributed by atoms with Crippen molar-refractivity contribution >= 4 is 15.8 Å². The second-order valence-corrected chi connectivity index (χ2v) is 11.3. The highest BCUT2D eigenvalue weighted by atomic mass is 32.2. The molecule has 1 N–H and O–H groups in total. The second-order valence-electron chi connectivity index (χ2n) is 9.06. The van der Waals surface area contributed by atoms with Gasteiger partial charge in [-0.15, -0.1) is 0 Å². The van der Waals surface area contributed by atoms with Gasteiger partial charge < -0.3 is 9.84 Å². The van der Waals surface area contributed by atoms with Gasteiger partial charge in [0.05, 0.1) is 33.8 Å². The lowest BCUT2D eigenvalue weighted by atomic mass is 10.0. The fourth-order valence-electron chi connectivity index (χ4n) is 4.97. The molecule has 0 radical (unpaired) electrons. The quantitative estimate of drug-likeness (QED) is 0.601. The van der Waals surface area contributed by atoms with Crippen molar-refractivity contribution in [2.75, 3.05) is 0 Å². The Labute approximate surface area is 196 Å². The minimum absolute atomic E-state index is 0.137. The first-order chi connectivity index (χ1) is 16.0. The SMILES string of the molecule is Cc1cc(-c2ccc(S(=O)(=O)[C@@H]3C[C@H](OC4CCCC4)[C@@H](C(=O)O)C3)c(C(F)(F)F)c2)ccn1. The monoisotopic (exact) mass is 497 g/mol. The maximum atomic E-state index is 14.0. The summed E-state index contributed by atoms with van der Waals surface area (Å²) in [5, 5.41) is 8.35. The highest BCUT2D eigenvalue weighted by Gasteiger charge is 2.48. The highest BCUT2D eigenvalue weighted by Crippen LogP contribution is 2.43. The average molecular weight is 498 g/mol. The van der Waals surface area contributed by atoms with E-state index in [2.05, 4.69) is 4.98 Å². The van der Waals surface area contributed by atoms with Crippen LogP contribution >= 0.6 is 0 Å². The van der Waals surface area contributed by atoms with Crippen LogP contribution in [0.1, 0.15) is 49.8 Å². The van der Waals surface area contributed by atoms with Gasteiger partial charge in [-0.05, 0) is 68.0 Å². The van der Waals surface area contributed by atoms with Crippen molar-refractivity contribution in [1.82, 2.24) is 4.98 Å². The van der Waals surface area contributed by atoms with Crippen LogP contribution in [-0.2, 0) is 25.5 Å². The first-order valence-corrected chi connectivity index (χ1v) is 12.8. The molecule has 4 rings (SSSR count). The van der Waals surface area contributed by atoms with Gasteiger partial charge in [-0.2, -0.15) is 13.2 Å². The summed E-state index contributed by atoms with van der Waals surface area (Å²) in [6.07, 6.45) is -1.39. The van der Waals surface area contributed by atoms with E-state index < -0.39 is 49.7 Å². The van der Waals surface area contributed by atoms with Crippen LogP contribution in [0.4, 0.5) is 13.2 Å². The number of carbonyl (C=O) groups is 1. The molecule has 3 atom stereocenters. The molecule has 0 unspecified atom stereocenters. The maximum absolute atomic E-state index is 14.0. The number of rotatable bonds is 6. The first-order valence-electron chi connectivity index (χ1n) is 11.2. The van der Waals surface area contributed by atoms with Gasteiger partial charge in [0.25, 0.3) is 0 Å². The van der Waals surface area contributed by atoms with Gasteiger partial charge in [-0.3, -0.25) is 9.78 Å². The molecular weight excluding hydrogens is 471 g/mol. The lowest BCUT2D eigenvalue weighted by Crippen LogP contribution is -2.28. The minimum Gasteiger partial charge on any atom is -0.481 e. The first kappa shape index (κ1) is 24.7. The van der Waals surface area contributed by atoms with E-state index in [0.29, 0.717) is 11.3 Å². The van der Waals surface area contributed by atoms with Gasteiger partial charge in [0.2, 0.25) is 0 Å². The smallest absolute Gasteiger partial charge is 0.417 e. The molecule has 2 aliphatic carbocycles. The van der Waals surface area contributed by atoms with Crippen molar-refractivity contribution in [1.29, 1.82) is 0 Å². The topological polar surface area (TPSA) is 93.6 Å². The number of halogens is 3. The number of pyridine rings is 1. The molecular formula is C24H26F3NO5S. The van der Waals surface area contributed by atoms with E-state index in [9.17, 15) is 31.5 Å².